The van der Waals surface area contributed by atoms with Gasteiger partial charge in [0.05, 0.1) is 18.5 Å². The van der Waals surface area contributed by atoms with Crippen LogP contribution in [0.1, 0.15) is 10.5 Å². The molecule has 0 radical (unpaired) electrons. The Labute approximate surface area is 92.1 Å². The van der Waals surface area contributed by atoms with Crippen LogP contribution in [-0.2, 0) is 0 Å². The summed E-state index contributed by atoms with van der Waals surface area (Å²) in [7, 11) is 1.46. The smallest absolute Gasteiger partial charge is 0.166 e. The van der Waals surface area contributed by atoms with Crippen LogP contribution < -0.4 is 4.74 Å². The third-order valence-corrected chi connectivity index (χ3v) is 2.30. The summed E-state index contributed by atoms with van der Waals surface area (Å²) >= 11 is 0. The first kappa shape index (κ1) is 10.4. The Morgan fingerprint density at radius 1 is 1.38 bits per heavy atom. The highest BCUT2D eigenvalue weighted by atomic mass is 19.1. The van der Waals surface area contributed by atoms with Gasteiger partial charge in [-0.1, -0.05) is 0 Å². The van der Waals surface area contributed by atoms with Crippen LogP contribution in [0, 0.1) is 5.82 Å². The Hall–Kier alpha value is -2.10. The Morgan fingerprint density at radius 3 is 2.88 bits per heavy atom. The number of carbonyl (C=O) groups excluding carboxylic acids is 1. The van der Waals surface area contributed by atoms with E-state index < -0.39 is 0 Å². The van der Waals surface area contributed by atoms with Crippen molar-refractivity contribution in [3.05, 3.63) is 48.0 Å². The normalized spacial score (nSPS) is 10.1. The minimum Gasteiger partial charge on any atom is -0.494 e. The van der Waals surface area contributed by atoms with Gasteiger partial charge < -0.3 is 9.30 Å². The van der Waals surface area contributed by atoms with Crippen molar-refractivity contribution in [2.75, 3.05) is 7.11 Å². The largest absolute Gasteiger partial charge is 0.494 e. The lowest BCUT2D eigenvalue weighted by molar-refractivity contribution is 0.111. The molecule has 82 valence electrons. The predicted octanol–water partition coefficient (Wildman–Crippen LogP) is 2.44. The number of rotatable bonds is 3. The summed E-state index contributed by atoms with van der Waals surface area (Å²) in [4.78, 5) is 10.8. The maximum atomic E-state index is 13.0. The lowest BCUT2D eigenvalue weighted by Gasteiger charge is -2.10. The molecule has 0 atom stereocenters. The first-order valence-corrected chi connectivity index (χ1v) is 4.72. The molecule has 2 aromatic rings. The maximum absolute atomic E-state index is 13.0. The van der Waals surface area contributed by atoms with Crippen molar-refractivity contribution in [1.29, 1.82) is 0 Å². The van der Waals surface area contributed by atoms with Gasteiger partial charge >= 0.3 is 0 Å². The van der Waals surface area contributed by atoms with E-state index in [9.17, 15) is 9.18 Å². The Kier molecular flexibility index (Phi) is 2.72. The summed E-state index contributed by atoms with van der Waals surface area (Å²) in [6, 6.07) is 7.60. The SMILES string of the molecule is COc1cc(F)ccc1-n1cccc1C=O. The van der Waals surface area contributed by atoms with Crippen molar-refractivity contribution < 1.29 is 13.9 Å². The van der Waals surface area contributed by atoms with E-state index in [0.717, 1.165) is 6.29 Å². The van der Waals surface area contributed by atoms with Crippen molar-refractivity contribution >= 4 is 6.29 Å². The van der Waals surface area contributed by atoms with E-state index in [1.807, 2.05) is 0 Å². The number of aromatic nitrogens is 1. The molecule has 16 heavy (non-hydrogen) atoms. The highest BCUT2D eigenvalue weighted by Gasteiger charge is 2.08. The fraction of sp³-hybridized carbons (Fsp3) is 0.0833. The Morgan fingerprint density at radius 2 is 2.19 bits per heavy atom. The highest BCUT2D eigenvalue weighted by Crippen LogP contribution is 2.24. The van der Waals surface area contributed by atoms with Gasteiger partial charge in [0, 0.05) is 12.3 Å². The van der Waals surface area contributed by atoms with E-state index >= 15 is 0 Å². The van der Waals surface area contributed by atoms with Gasteiger partial charge in [-0.25, -0.2) is 4.39 Å². The van der Waals surface area contributed by atoms with Crippen molar-refractivity contribution in [3.63, 3.8) is 0 Å². The molecule has 3 nitrogen and oxygen atoms in total. The number of hydrogen-bond donors (Lipinski definition) is 0. The molecule has 0 aliphatic rings. The van der Waals surface area contributed by atoms with E-state index in [1.54, 1.807) is 29.0 Å². The fourth-order valence-electron chi connectivity index (χ4n) is 1.56. The zero-order valence-corrected chi connectivity index (χ0v) is 8.68. The van der Waals surface area contributed by atoms with E-state index in [4.69, 9.17) is 4.74 Å². The molecule has 0 aliphatic carbocycles. The van der Waals surface area contributed by atoms with Gasteiger partial charge in [-0.05, 0) is 24.3 Å². The molecule has 4 heteroatoms. The lowest BCUT2D eigenvalue weighted by atomic mass is 10.2. The van der Waals surface area contributed by atoms with Gasteiger partial charge in [-0.2, -0.15) is 0 Å². The molecule has 0 amide bonds. The van der Waals surface area contributed by atoms with Crippen LogP contribution in [0.4, 0.5) is 4.39 Å². The van der Waals surface area contributed by atoms with Crippen LogP contribution in [0.15, 0.2) is 36.5 Å². The van der Waals surface area contributed by atoms with Crippen molar-refractivity contribution in [2.45, 2.75) is 0 Å². The number of methoxy groups -OCH3 is 1. The number of aldehydes is 1. The number of benzene rings is 1. The zero-order chi connectivity index (χ0) is 11.5. The molecule has 0 fully saturated rings. The summed E-state index contributed by atoms with van der Waals surface area (Å²) in [5.74, 6) is 0.0136. The monoisotopic (exact) mass is 219 g/mol. The molecule has 1 aromatic carbocycles. The van der Waals surface area contributed by atoms with Crippen LogP contribution in [0.2, 0.25) is 0 Å². The molecule has 0 bridgehead atoms. The fourth-order valence-corrected chi connectivity index (χ4v) is 1.56. The van der Waals surface area contributed by atoms with E-state index in [2.05, 4.69) is 0 Å². The number of hydrogen-bond acceptors (Lipinski definition) is 2. The molecule has 0 aliphatic heterocycles. The van der Waals surface area contributed by atoms with Gasteiger partial charge in [0.25, 0.3) is 0 Å². The standard InChI is InChI=1S/C12H10FNO2/c1-16-12-7-9(13)4-5-11(12)14-6-2-3-10(14)8-15/h2-8H,1H3. The third-order valence-electron chi connectivity index (χ3n) is 2.30. The van der Waals surface area contributed by atoms with Gasteiger partial charge in [-0.3, -0.25) is 4.79 Å². The quantitative estimate of drug-likeness (QED) is 0.742. The minimum atomic E-state index is -0.375. The summed E-state index contributed by atoms with van der Waals surface area (Å²) in [6.07, 6.45) is 2.46. The number of carbonyl (C=O) groups is 1. The molecular formula is C12H10FNO2. The predicted molar refractivity (Wildman–Crippen MR) is 57.7 cm³/mol. The second kappa shape index (κ2) is 4.18. The summed E-state index contributed by atoms with van der Waals surface area (Å²) in [5, 5.41) is 0. The summed E-state index contributed by atoms with van der Waals surface area (Å²) in [5.41, 5.74) is 1.13. The van der Waals surface area contributed by atoms with Gasteiger partial charge in [-0.15, -0.1) is 0 Å². The summed E-state index contributed by atoms with van der Waals surface area (Å²) in [6.45, 7) is 0. The molecular weight excluding hydrogens is 209 g/mol. The molecule has 0 N–H and O–H groups in total. The van der Waals surface area contributed by atoms with Crippen molar-refractivity contribution in [1.82, 2.24) is 4.57 Å². The highest BCUT2D eigenvalue weighted by molar-refractivity contribution is 5.74. The summed E-state index contributed by atoms with van der Waals surface area (Å²) < 4.78 is 19.7. The number of nitrogens with zero attached hydrogens (tertiary/aromatic N) is 1. The van der Waals surface area contributed by atoms with Crippen molar-refractivity contribution in [3.8, 4) is 11.4 Å². The molecule has 2 rings (SSSR count). The van der Waals surface area contributed by atoms with Crippen LogP contribution >= 0.6 is 0 Å². The van der Waals surface area contributed by atoms with Crippen LogP contribution in [0.25, 0.3) is 5.69 Å². The molecule has 1 heterocycles. The van der Waals surface area contributed by atoms with Crippen molar-refractivity contribution in [2.24, 2.45) is 0 Å². The second-order valence-corrected chi connectivity index (χ2v) is 3.24. The number of halogens is 1. The third kappa shape index (κ3) is 1.69. The Bertz CT molecular complexity index is 519. The van der Waals surface area contributed by atoms with Gasteiger partial charge in [0.15, 0.2) is 6.29 Å². The molecule has 0 saturated heterocycles. The van der Waals surface area contributed by atoms with E-state index in [0.29, 0.717) is 17.1 Å². The van der Waals surface area contributed by atoms with Gasteiger partial charge in [0.1, 0.15) is 11.6 Å². The first-order chi connectivity index (χ1) is 7.76. The Balaban J connectivity index is 2.59. The second-order valence-electron chi connectivity index (χ2n) is 3.24. The number of ether oxygens (including phenoxy) is 1. The molecule has 0 unspecified atom stereocenters. The lowest BCUT2D eigenvalue weighted by Crippen LogP contribution is -2.00. The molecule has 0 spiro atoms. The van der Waals surface area contributed by atoms with E-state index in [1.165, 1.54) is 19.2 Å². The van der Waals surface area contributed by atoms with Crippen LogP contribution in [0.5, 0.6) is 5.75 Å². The van der Waals surface area contributed by atoms with Crippen LogP contribution in [-0.4, -0.2) is 18.0 Å². The average Bonchev–Trinajstić information content (AvgIpc) is 2.76. The minimum absolute atomic E-state index is 0.375. The molecule has 0 saturated carbocycles. The molecule has 1 aromatic heterocycles. The van der Waals surface area contributed by atoms with Gasteiger partial charge in [0.2, 0.25) is 0 Å². The zero-order valence-electron chi connectivity index (χ0n) is 8.68. The topological polar surface area (TPSA) is 31.2 Å². The van der Waals surface area contributed by atoms with Crippen LogP contribution in [0.3, 0.4) is 0 Å². The maximum Gasteiger partial charge on any atom is 0.166 e. The van der Waals surface area contributed by atoms with E-state index in [-0.39, 0.29) is 5.82 Å². The first-order valence-electron chi connectivity index (χ1n) is 4.72. The average molecular weight is 219 g/mol.